The van der Waals surface area contributed by atoms with Crippen molar-refractivity contribution in [3.8, 4) is 45.1 Å². The summed E-state index contributed by atoms with van der Waals surface area (Å²) in [6, 6.07) is 29.4. The molecule has 5 aromatic rings. The largest absolute Gasteiger partial charge is 0.595 e. The topological polar surface area (TPSA) is 50.3 Å². The van der Waals surface area contributed by atoms with Crippen molar-refractivity contribution in [1.29, 1.82) is 0 Å². The van der Waals surface area contributed by atoms with Crippen LogP contribution in [-0.2, 0) is 6.54 Å². The molecular formula is C31H27FN2O3. The van der Waals surface area contributed by atoms with Crippen LogP contribution in [0.4, 0.5) is 4.39 Å². The first-order chi connectivity index (χ1) is 18.0. The molecule has 1 aromatic heterocycles. The molecule has 1 heterocycles. The molecule has 5 nitrogen and oxygen atoms in total. The van der Waals surface area contributed by atoms with Gasteiger partial charge in [0, 0.05) is 5.56 Å². The Bertz CT molecular complexity index is 1510. The van der Waals surface area contributed by atoms with Crippen LogP contribution < -0.4 is 14.3 Å². The highest BCUT2D eigenvalue weighted by atomic mass is 19.1. The van der Waals surface area contributed by atoms with Crippen LogP contribution in [0.15, 0.2) is 97.1 Å². The first kappa shape index (κ1) is 24.1. The van der Waals surface area contributed by atoms with E-state index < -0.39 is 0 Å². The second-order valence-electron chi connectivity index (χ2n) is 8.85. The molecule has 0 aliphatic carbocycles. The summed E-state index contributed by atoms with van der Waals surface area (Å²) in [6.45, 7) is 2.36. The molecule has 0 atom stereocenters. The predicted octanol–water partition coefficient (Wildman–Crippen LogP) is 6.64. The highest BCUT2D eigenvalue weighted by Gasteiger charge is 2.31. The Hall–Kier alpha value is -4.58. The lowest BCUT2D eigenvalue weighted by atomic mass is 9.95. The van der Waals surface area contributed by atoms with Gasteiger partial charge in [-0.3, -0.25) is 0 Å². The normalized spacial score (nSPS) is 10.9. The fourth-order valence-electron chi connectivity index (χ4n) is 4.49. The number of nitrogens with zero attached hydrogens (tertiary/aromatic N) is 2. The number of hydrogen-bond acceptors (Lipinski definition) is 3. The fraction of sp³-hybridized carbons (Fsp3) is 0.129. The molecule has 5 rings (SSSR count). The van der Waals surface area contributed by atoms with Crippen LogP contribution in [0.1, 0.15) is 11.1 Å². The van der Waals surface area contributed by atoms with Gasteiger partial charge in [-0.05, 0) is 66.6 Å². The van der Waals surface area contributed by atoms with Gasteiger partial charge in [-0.1, -0.05) is 58.9 Å². The van der Waals surface area contributed by atoms with Crippen LogP contribution in [0.3, 0.4) is 0 Å². The second-order valence-corrected chi connectivity index (χ2v) is 8.85. The summed E-state index contributed by atoms with van der Waals surface area (Å²) in [4.78, 5) is 0.944. The Morgan fingerprint density at radius 1 is 0.703 bits per heavy atom. The molecular weight excluding hydrogens is 467 g/mol. The standard InChI is InChI=1S/C31H27FN2O3/c1-21-4-8-24(9-5-21)30-29(23-10-14-26(32)15-11-23)31(25-12-18-28(37-3)19-13-25)34(35)33(30)20-22-6-16-27(36-2)17-7-22/h4-19H,20H2,1-3H3. The van der Waals surface area contributed by atoms with Gasteiger partial charge in [0.15, 0.2) is 0 Å². The molecule has 0 aliphatic rings. The predicted molar refractivity (Wildman–Crippen MR) is 143 cm³/mol. The van der Waals surface area contributed by atoms with Gasteiger partial charge in [0.05, 0.1) is 25.3 Å². The lowest BCUT2D eigenvalue weighted by molar-refractivity contribution is -0.681. The summed E-state index contributed by atoms with van der Waals surface area (Å²) >= 11 is 0. The average Bonchev–Trinajstić information content (AvgIpc) is 3.21. The maximum Gasteiger partial charge on any atom is 0.259 e. The molecule has 0 aliphatic heterocycles. The molecule has 0 saturated heterocycles. The molecule has 4 aromatic carbocycles. The Kier molecular flexibility index (Phi) is 6.64. The van der Waals surface area contributed by atoms with E-state index in [9.17, 15) is 9.60 Å². The number of benzene rings is 4. The summed E-state index contributed by atoms with van der Waals surface area (Å²) < 4.78 is 26.3. The van der Waals surface area contributed by atoms with E-state index in [0.717, 1.165) is 49.7 Å². The number of rotatable bonds is 7. The summed E-state index contributed by atoms with van der Waals surface area (Å²) in [6.07, 6.45) is 0. The van der Waals surface area contributed by atoms with Crippen LogP contribution in [0, 0.1) is 17.9 Å². The highest BCUT2D eigenvalue weighted by molar-refractivity contribution is 5.90. The molecule has 186 valence electrons. The summed E-state index contributed by atoms with van der Waals surface area (Å²) in [5, 5.41) is 14.1. The maximum atomic E-state index is 14.1. The Balaban J connectivity index is 1.80. The smallest absolute Gasteiger partial charge is 0.259 e. The van der Waals surface area contributed by atoms with Gasteiger partial charge in [0.1, 0.15) is 29.6 Å². The molecule has 0 radical (unpaired) electrons. The Morgan fingerprint density at radius 3 is 1.78 bits per heavy atom. The van der Waals surface area contributed by atoms with E-state index in [1.54, 1.807) is 31.0 Å². The van der Waals surface area contributed by atoms with Crippen molar-refractivity contribution in [3.63, 3.8) is 0 Å². The lowest BCUT2D eigenvalue weighted by Crippen LogP contribution is -2.39. The van der Waals surface area contributed by atoms with Gasteiger partial charge in [0.25, 0.3) is 5.69 Å². The van der Waals surface area contributed by atoms with E-state index in [1.807, 2.05) is 79.7 Å². The van der Waals surface area contributed by atoms with Gasteiger partial charge in [0.2, 0.25) is 0 Å². The van der Waals surface area contributed by atoms with Crippen molar-refractivity contribution < 1.29 is 18.7 Å². The molecule has 37 heavy (non-hydrogen) atoms. The van der Waals surface area contributed by atoms with E-state index in [2.05, 4.69) is 0 Å². The third-order valence-electron chi connectivity index (χ3n) is 6.46. The Morgan fingerprint density at radius 2 is 1.22 bits per heavy atom. The van der Waals surface area contributed by atoms with Crippen molar-refractivity contribution in [2.24, 2.45) is 0 Å². The van der Waals surface area contributed by atoms with E-state index in [0.29, 0.717) is 18.0 Å². The van der Waals surface area contributed by atoms with E-state index in [1.165, 1.54) is 12.1 Å². The molecule has 0 fully saturated rings. The minimum atomic E-state index is -0.334. The van der Waals surface area contributed by atoms with Crippen LogP contribution in [0.2, 0.25) is 0 Å². The van der Waals surface area contributed by atoms with Gasteiger partial charge >= 0.3 is 0 Å². The molecule has 0 amide bonds. The molecule has 0 N–H and O–H groups in total. The average molecular weight is 495 g/mol. The third kappa shape index (κ3) is 4.78. The molecule has 0 unspecified atom stereocenters. The van der Waals surface area contributed by atoms with E-state index in [-0.39, 0.29) is 5.82 Å². The number of aryl methyl sites for hydroxylation is 1. The van der Waals surface area contributed by atoms with Gasteiger partial charge in [-0.25, -0.2) is 4.39 Å². The minimum absolute atomic E-state index is 0.334. The maximum absolute atomic E-state index is 14.1. The number of hydrogen-bond donors (Lipinski definition) is 0. The van der Waals surface area contributed by atoms with Crippen LogP contribution in [0.25, 0.3) is 33.6 Å². The fourth-order valence-corrected chi connectivity index (χ4v) is 4.49. The van der Waals surface area contributed by atoms with Crippen molar-refractivity contribution in [2.45, 2.75) is 13.5 Å². The number of aromatic nitrogens is 2. The molecule has 0 bridgehead atoms. The van der Waals surface area contributed by atoms with E-state index >= 15 is 0 Å². The number of halogens is 1. The minimum Gasteiger partial charge on any atom is -0.595 e. The Labute approximate surface area is 215 Å². The third-order valence-corrected chi connectivity index (χ3v) is 6.46. The first-order valence-corrected chi connectivity index (χ1v) is 11.9. The summed E-state index contributed by atoms with van der Waals surface area (Å²) in [5.74, 6) is 1.11. The van der Waals surface area contributed by atoms with Gasteiger partial charge < -0.3 is 14.7 Å². The summed E-state index contributed by atoms with van der Waals surface area (Å²) in [7, 11) is 3.23. The zero-order valence-electron chi connectivity index (χ0n) is 20.9. The number of methoxy groups -OCH3 is 2. The lowest BCUT2D eigenvalue weighted by Gasteiger charge is -2.10. The highest BCUT2D eigenvalue weighted by Crippen LogP contribution is 2.40. The van der Waals surface area contributed by atoms with Crippen molar-refractivity contribution in [2.75, 3.05) is 14.2 Å². The van der Waals surface area contributed by atoms with Crippen molar-refractivity contribution in [3.05, 3.63) is 119 Å². The van der Waals surface area contributed by atoms with Crippen molar-refractivity contribution >= 4 is 0 Å². The van der Waals surface area contributed by atoms with Gasteiger partial charge in [-0.15, -0.1) is 4.68 Å². The van der Waals surface area contributed by atoms with Crippen LogP contribution in [-0.4, -0.2) is 18.9 Å². The van der Waals surface area contributed by atoms with Crippen LogP contribution >= 0.6 is 0 Å². The van der Waals surface area contributed by atoms with Gasteiger partial charge in [-0.2, -0.15) is 0 Å². The van der Waals surface area contributed by atoms with Crippen LogP contribution in [0.5, 0.6) is 11.5 Å². The first-order valence-electron chi connectivity index (χ1n) is 11.9. The zero-order valence-corrected chi connectivity index (χ0v) is 20.9. The quantitative estimate of drug-likeness (QED) is 0.188. The molecule has 0 spiro atoms. The van der Waals surface area contributed by atoms with E-state index in [4.69, 9.17) is 9.47 Å². The second kappa shape index (κ2) is 10.2. The zero-order chi connectivity index (χ0) is 25.9. The van der Waals surface area contributed by atoms with Crippen molar-refractivity contribution in [1.82, 2.24) is 4.68 Å². The molecule has 6 heteroatoms. The number of ether oxygens (including phenoxy) is 2. The monoisotopic (exact) mass is 494 g/mol. The summed E-state index contributed by atoms with van der Waals surface area (Å²) in [5.41, 5.74) is 6.41. The SMILES string of the molecule is COc1ccc(Cn2c(-c3ccc(C)cc3)c(-c3ccc(F)cc3)c(-c3ccc(OC)cc3)[n+]2[O-])cc1. The molecule has 0 saturated carbocycles.